The first-order chi connectivity index (χ1) is 15.3. The lowest BCUT2D eigenvalue weighted by Gasteiger charge is -2.22. The predicted octanol–water partition coefficient (Wildman–Crippen LogP) is 3.41. The number of nitrogen functional groups attached to an aromatic ring is 1. The summed E-state index contributed by atoms with van der Waals surface area (Å²) < 4.78 is 28.1. The largest absolute Gasteiger partial charge is 0.506 e. The smallest absolute Gasteiger partial charge is 0.256 e. The second-order valence-corrected chi connectivity index (χ2v) is 9.03. The predicted molar refractivity (Wildman–Crippen MR) is 125 cm³/mol. The van der Waals surface area contributed by atoms with Crippen molar-refractivity contribution >= 4 is 44.2 Å². The number of nitrogens with zero attached hydrogens (tertiary/aromatic N) is 5. The average Bonchev–Trinajstić information content (AvgIpc) is 3.16. The third-order valence-electron chi connectivity index (χ3n) is 4.86. The van der Waals surface area contributed by atoms with E-state index < -0.39 is 10.0 Å². The van der Waals surface area contributed by atoms with Gasteiger partial charge in [-0.05, 0) is 24.3 Å². The van der Waals surface area contributed by atoms with Crippen LogP contribution in [0, 0.1) is 0 Å². The molecule has 0 fully saturated rings. The second kappa shape index (κ2) is 8.48. The van der Waals surface area contributed by atoms with Gasteiger partial charge in [-0.3, -0.25) is 4.31 Å². The van der Waals surface area contributed by atoms with Crippen LogP contribution in [0.1, 0.15) is 0 Å². The third-order valence-corrected chi connectivity index (χ3v) is 6.60. The molecule has 11 heteroatoms. The lowest BCUT2D eigenvalue weighted by atomic mass is 10.1. The van der Waals surface area contributed by atoms with E-state index in [0.29, 0.717) is 28.0 Å². The summed E-state index contributed by atoms with van der Waals surface area (Å²) in [6.07, 6.45) is 1.31. The lowest BCUT2D eigenvalue weighted by Crippen LogP contribution is -2.32. The fourth-order valence-corrected chi connectivity index (χ4v) is 4.37. The van der Waals surface area contributed by atoms with Gasteiger partial charge in [0, 0.05) is 11.0 Å². The maximum Gasteiger partial charge on any atom is 0.256 e. The Bertz CT molecular complexity index is 1410. The van der Waals surface area contributed by atoms with Gasteiger partial charge >= 0.3 is 0 Å². The summed E-state index contributed by atoms with van der Waals surface area (Å²) in [7, 11) is -3.75. The summed E-state index contributed by atoms with van der Waals surface area (Å²) >= 11 is 5.93. The molecule has 0 saturated carbocycles. The van der Waals surface area contributed by atoms with Gasteiger partial charge in [0.05, 0.1) is 29.2 Å². The standard InChI is InChI=1S/C21H19ClN6O3S/c1-2-32(30,31)28(15-6-4-3-5-7-15)11-10-27-21-18(20(23)24-13-25-21)19(26-27)14-8-9-16(22)17(29)12-14/h2-9,12-13,29H,1,10-11H2,(H2,23,24,25). The molecule has 0 amide bonds. The number of phenolic OH excluding ortho intramolecular Hbond substituents is 1. The van der Waals surface area contributed by atoms with Crippen molar-refractivity contribution in [1.82, 2.24) is 19.7 Å². The molecular formula is C21H19ClN6O3S. The van der Waals surface area contributed by atoms with Gasteiger partial charge in [0.2, 0.25) is 0 Å². The van der Waals surface area contributed by atoms with Crippen LogP contribution in [0.4, 0.5) is 11.5 Å². The lowest BCUT2D eigenvalue weighted by molar-refractivity contribution is 0.476. The minimum absolute atomic E-state index is 0.0738. The van der Waals surface area contributed by atoms with Crippen molar-refractivity contribution in [2.75, 3.05) is 16.6 Å². The van der Waals surface area contributed by atoms with E-state index in [-0.39, 0.29) is 29.7 Å². The topological polar surface area (TPSA) is 127 Å². The fraction of sp³-hybridized carbons (Fsp3) is 0.0952. The number of phenols is 1. The van der Waals surface area contributed by atoms with Gasteiger partial charge in [-0.2, -0.15) is 5.10 Å². The molecule has 2 aromatic carbocycles. The SMILES string of the molecule is C=CS(=O)(=O)N(CCn1nc(-c2ccc(Cl)c(O)c2)c2c(N)ncnc21)c1ccccc1. The van der Waals surface area contributed by atoms with E-state index >= 15 is 0 Å². The Balaban J connectivity index is 1.77. The normalized spacial score (nSPS) is 11.5. The van der Waals surface area contributed by atoms with Crippen LogP contribution in [-0.4, -0.2) is 39.8 Å². The molecule has 0 aliphatic carbocycles. The highest BCUT2D eigenvalue weighted by molar-refractivity contribution is 7.95. The second-order valence-electron chi connectivity index (χ2n) is 6.81. The number of hydrogen-bond acceptors (Lipinski definition) is 7. The van der Waals surface area contributed by atoms with E-state index in [9.17, 15) is 13.5 Å². The first-order valence-corrected chi connectivity index (χ1v) is 11.4. The molecule has 0 spiro atoms. The van der Waals surface area contributed by atoms with Gasteiger partial charge < -0.3 is 10.8 Å². The zero-order chi connectivity index (χ0) is 22.9. The Morgan fingerprint density at radius 3 is 2.62 bits per heavy atom. The number of fused-ring (bicyclic) bond motifs is 1. The molecule has 0 aliphatic heterocycles. The molecule has 32 heavy (non-hydrogen) atoms. The summed E-state index contributed by atoms with van der Waals surface area (Å²) in [4.78, 5) is 8.34. The number of halogens is 1. The number of nitrogens with two attached hydrogens (primary N) is 1. The molecule has 3 N–H and O–H groups in total. The van der Waals surface area contributed by atoms with Gasteiger partial charge in [-0.25, -0.2) is 23.1 Å². The maximum atomic E-state index is 12.6. The fourth-order valence-electron chi connectivity index (χ4n) is 3.32. The van der Waals surface area contributed by atoms with Crippen LogP contribution >= 0.6 is 11.6 Å². The highest BCUT2D eigenvalue weighted by atomic mass is 35.5. The number of aromatic nitrogens is 4. The molecule has 4 rings (SSSR count). The molecule has 0 aliphatic rings. The maximum absolute atomic E-state index is 12.6. The first-order valence-electron chi connectivity index (χ1n) is 9.48. The Morgan fingerprint density at radius 2 is 1.94 bits per heavy atom. The van der Waals surface area contributed by atoms with E-state index in [4.69, 9.17) is 17.3 Å². The van der Waals surface area contributed by atoms with Gasteiger partial charge in [0.1, 0.15) is 23.6 Å². The minimum Gasteiger partial charge on any atom is -0.506 e. The molecule has 4 aromatic rings. The number of benzene rings is 2. The van der Waals surface area contributed by atoms with Crippen molar-refractivity contribution in [3.8, 4) is 17.0 Å². The van der Waals surface area contributed by atoms with Crippen molar-refractivity contribution < 1.29 is 13.5 Å². The number of hydrogen-bond donors (Lipinski definition) is 2. The molecule has 0 unspecified atom stereocenters. The molecular weight excluding hydrogens is 452 g/mol. The van der Waals surface area contributed by atoms with Crippen LogP contribution in [0.5, 0.6) is 5.75 Å². The van der Waals surface area contributed by atoms with Crippen LogP contribution in [0.25, 0.3) is 22.3 Å². The van der Waals surface area contributed by atoms with Crippen LogP contribution < -0.4 is 10.0 Å². The van der Waals surface area contributed by atoms with Crippen molar-refractivity contribution in [3.63, 3.8) is 0 Å². The molecule has 2 aromatic heterocycles. The quantitative estimate of drug-likeness (QED) is 0.423. The zero-order valence-electron chi connectivity index (χ0n) is 16.8. The molecule has 9 nitrogen and oxygen atoms in total. The van der Waals surface area contributed by atoms with Crippen molar-refractivity contribution in [3.05, 3.63) is 71.9 Å². The summed E-state index contributed by atoms with van der Waals surface area (Å²) in [6, 6.07) is 13.4. The number of anilines is 2. The summed E-state index contributed by atoms with van der Waals surface area (Å²) in [6.45, 7) is 3.68. The Morgan fingerprint density at radius 1 is 1.19 bits per heavy atom. The molecule has 0 radical (unpaired) electrons. The third kappa shape index (κ3) is 3.97. The molecule has 164 valence electrons. The van der Waals surface area contributed by atoms with Gasteiger partial charge in [0.15, 0.2) is 5.65 Å². The van der Waals surface area contributed by atoms with Gasteiger partial charge in [-0.15, -0.1) is 0 Å². The number of sulfonamides is 1. The summed E-state index contributed by atoms with van der Waals surface area (Å²) in [5.74, 6) is 0.110. The van der Waals surface area contributed by atoms with Crippen LogP contribution in [0.2, 0.25) is 5.02 Å². The molecule has 0 atom stereocenters. The molecule has 0 bridgehead atoms. The number of rotatable bonds is 7. The van der Waals surface area contributed by atoms with E-state index in [1.54, 1.807) is 47.1 Å². The molecule has 2 heterocycles. The number of para-hydroxylation sites is 1. The van der Waals surface area contributed by atoms with Crippen molar-refractivity contribution in [1.29, 1.82) is 0 Å². The van der Waals surface area contributed by atoms with E-state index in [0.717, 1.165) is 5.41 Å². The van der Waals surface area contributed by atoms with E-state index in [2.05, 4.69) is 21.6 Å². The Hall–Kier alpha value is -3.63. The van der Waals surface area contributed by atoms with Gasteiger partial charge in [0.25, 0.3) is 10.0 Å². The Labute approximate surface area is 189 Å². The zero-order valence-corrected chi connectivity index (χ0v) is 18.3. The van der Waals surface area contributed by atoms with Crippen molar-refractivity contribution in [2.24, 2.45) is 0 Å². The van der Waals surface area contributed by atoms with Crippen LogP contribution in [-0.2, 0) is 16.6 Å². The van der Waals surface area contributed by atoms with Crippen LogP contribution in [0.3, 0.4) is 0 Å². The van der Waals surface area contributed by atoms with E-state index in [1.165, 1.54) is 16.7 Å². The minimum atomic E-state index is -3.75. The molecule has 0 saturated heterocycles. The highest BCUT2D eigenvalue weighted by Crippen LogP contribution is 2.34. The average molecular weight is 471 g/mol. The van der Waals surface area contributed by atoms with Crippen LogP contribution in [0.15, 0.2) is 66.8 Å². The summed E-state index contributed by atoms with van der Waals surface area (Å²) in [5.41, 5.74) is 8.05. The summed E-state index contributed by atoms with van der Waals surface area (Å²) in [5, 5.41) is 16.2. The first kappa shape index (κ1) is 21.6. The number of aromatic hydroxyl groups is 1. The Kier molecular flexibility index (Phi) is 5.72. The van der Waals surface area contributed by atoms with Gasteiger partial charge in [-0.1, -0.05) is 42.4 Å². The van der Waals surface area contributed by atoms with Crippen molar-refractivity contribution in [2.45, 2.75) is 6.54 Å². The monoisotopic (exact) mass is 470 g/mol. The van der Waals surface area contributed by atoms with E-state index in [1.807, 2.05) is 0 Å². The highest BCUT2D eigenvalue weighted by Gasteiger charge is 2.22.